The number of carbonyl (C=O) groups excluding carboxylic acids is 2. The van der Waals surface area contributed by atoms with Crippen LogP contribution in [0, 0.1) is 0 Å². The zero-order valence-corrected chi connectivity index (χ0v) is 18.4. The van der Waals surface area contributed by atoms with Crippen molar-refractivity contribution in [2.24, 2.45) is 0 Å². The van der Waals surface area contributed by atoms with Gasteiger partial charge in [0, 0.05) is 22.8 Å². The zero-order chi connectivity index (χ0) is 22.2. The SMILES string of the molecule is COc1cc(NC(=O)Nc2ccc(Cl)cc2)c(OC)cc1NC(=O)CN1CCCCC1. The van der Waals surface area contributed by atoms with Crippen LogP contribution in [0.15, 0.2) is 36.4 Å². The molecule has 166 valence electrons. The van der Waals surface area contributed by atoms with Crippen LogP contribution in [0.5, 0.6) is 11.5 Å². The van der Waals surface area contributed by atoms with Crippen LogP contribution in [0.4, 0.5) is 21.9 Å². The Balaban J connectivity index is 1.69. The standard InChI is InChI=1S/C22H27ClN4O4/c1-30-19-13-18(26-22(29)24-16-8-6-15(23)7-9-16)20(31-2)12-17(19)25-21(28)14-27-10-4-3-5-11-27/h6-9,12-13H,3-5,10-11,14H2,1-2H3,(H,25,28)(H2,24,26,29). The highest BCUT2D eigenvalue weighted by molar-refractivity contribution is 6.30. The number of amides is 3. The maximum atomic E-state index is 12.5. The average molecular weight is 447 g/mol. The Kier molecular flexibility index (Phi) is 7.97. The summed E-state index contributed by atoms with van der Waals surface area (Å²) in [6.07, 6.45) is 3.44. The third kappa shape index (κ3) is 6.50. The fraction of sp³-hybridized carbons (Fsp3) is 0.364. The van der Waals surface area contributed by atoms with Gasteiger partial charge in [-0.15, -0.1) is 0 Å². The monoisotopic (exact) mass is 446 g/mol. The number of hydrogen-bond acceptors (Lipinski definition) is 5. The minimum Gasteiger partial charge on any atom is -0.494 e. The van der Waals surface area contributed by atoms with Crippen molar-refractivity contribution in [3.63, 3.8) is 0 Å². The molecule has 8 nitrogen and oxygen atoms in total. The van der Waals surface area contributed by atoms with E-state index >= 15 is 0 Å². The van der Waals surface area contributed by atoms with E-state index in [0.717, 1.165) is 25.9 Å². The van der Waals surface area contributed by atoms with Crippen LogP contribution in [0.1, 0.15) is 19.3 Å². The van der Waals surface area contributed by atoms with Crippen LogP contribution in [0.25, 0.3) is 0 Å². The predicted octanol–water partition coefficient (Wildman–Crippen LogP) is 4.43. The summed E-state index contributed by atoms with van der Waals surface area (Å²) < 4.78 is 10.8. The van der Waals surface area contributed by atoms with E-state index in [1.807, 2.05) is 0 Å². The Morgan fingerprint density at radius 2 is 1.48 bits per heavy atom. The molecule has 31 heavy (non-hydrogen) atoms. The third-order valence-electron chi connectivity index (χ3n) is 4.96. The van der Waals surface area contributed by atoms with Crippen molar-refractivity contribution >= 4 is 40.6 Å². The molecule has 9 heteroatoms. The third-order valence-corrected chi connectivity index (χ3v) is 5.21. The molecule has 0 radical (unpaired) electrons. The second-order valence-corrected chi connectivity index (χ2v) is 7.66. The second-order valence-electron chi connectivity index (χ2n) is 7.22. The summed E-state index contributed by atoms with van der Waals surface area (Å²) in [5.74, 6) is 0.679. The number of halogens is 1. The maximum Gasteiger partial charge on any atom is 0.323 e. The number of nitrogens with one attached hydrogen (secondary N) is 3. The number of nitrogens with zero attached hydrogens (tertiary/aromatic N) is 1. The molecule has 1 heterocycles. The number of likely N-dealkylation sites (tertiary alicyclic amines) is 1. The van der Waals surface area contributed by atoms with Crippen molar-refractivity contribution < 1.29 is 19.1 Å². The van der Waals surface area contributed by atoms with Crippen LogP contribution < -0.4 is 25.4 Å². The lowest BCUT2D eigenvalue weighted by Gasteiger charge is -2.25. The van der Waals surface area contributed by atoms with Gasteiger partial charge in [0.1, 0.15) is 11.5 Å². The molecule has 1 fully saturated rings. The van der Waals surface area contributed by atoms with Gasteiger partial charge in [0.15, 0.2) is 0 Å². The molecule has 2 aromatic carbocycles. The highest BCUT2D eigenvalue weighted by Gasteiger charge is 2.18. The normalized spacial score (nSPS) is 13.9. The van der Waals surface area contributed by atoms with Crippen molar-refractivity contribution in [3.8, 4) is 11.5 Å². The van der Waals surface area contributed by atoms with E-state index < -0.39 is 6.03 Å². The van der Waals surface area contributed by atoms with E-state index in [1.165, 1.54) is 20.6 Å². The van der Waals surface area contributed by atoms with Crippen molar-refractivity contribution in [3.05, 3.63) is 41.4 Å². The smallest absolute Gasteiger partial charge is 0.323 e. The van der Waals surface area contributed by atoms with Gasteiger partial charge in [0.2, 0.25) is 5.91 Å². The summed E-state index contributed by atoms with van der Waals surface area (Å²) in [7, 11) is 2.99. The predicted molar refractivity (Wildman–Crippen MR) is 123 cm³/mol. The molecular formula is C22H27ClN4O4. The highest BCUT2D eigenvalue weighted by atomic mass is 35.5. The Morgan fingerprint density at radius 3 is 2.06 bits per heavy atom. The van der Waals surface area contributed by atoms with Crippen LogP contribution in [0.2, 0.25) is 5.02 Å². The van der Waals surface area contributed by atoms with Gasteiger partial charge in [-0.1, -0.05) is 18.0 Å². The summed E-state index contributed by atoms with van der Waals surface area (Å²) in [6, 6.07) is 9.54. The molecule has 1 aliphatic heterocycles. The minimum atomic E-state index is -0.454. The van der Waals surface area contributed by atoms with Gasteiger partial charge in [-0.2, -0.15) is 0 Å². The Labute approximate surface area is 186 Å². The molecule has 0 spiro atoms. The van der Waals surface area contributed by atoms with E-state index in [9.17, 15) is 9.59 Å². The number of anilines is 3. The first-order valence-electron chi connectivity index (χ1n) is 10.1. The summed E-state index contributed by atoms with van der Waals surface area (Å²) in [5.41, 5.74) is 1.47. The molecule has 0 atom stereocenters. The number of benzene rings is 2. The fourth-order valence-corrected chi connectivity index (χ4v) is 3.55. The van der Waals surface area contributed by atoms with Crippen LogP contribution >= 0.6 is 11.6 Å². The van der Waals surface area contributed by atoms with E-state index in [0.29, 0.717) is 40.1 Å². The number of piperidine rings is 1. The summed E-state index contributed by atoms with van der Waals surface area (Å²) in [5, 5.41) is 8.92. The van der Waals surface area contributed by atoms with Gasteiger partial charge < -0.3 is 25.4 Å². The van der Waals surface area contributed by atoms with E-state index in [2.05, 4.69) is 20.9 Å². The Morgan fingerprint density at radius 1 is 0.903 bits per heavy atom. The van der Waals surface area contributed by atoms with Crippen LogP contribution in [-0.4, -0.2) is 50.7 Å². The van der Waals surface area contributed by atoms with Gasteiger partial charge in [0.25, 0.3) is 0 Å². The Bertz CT molecular complexity index is 914. The average Bonchev–Trinajstić information content (AvgIpc) is 2.76. The lowest BCUT2D eigenvalue weighted by Crippen LogP contribution is -2.36. The zero-order valence-electron chi connectivity index (χ0n) is 17.7. The molecule has 3 N–H and O–H groups in total. The molecule has 0 aromatic heterocycles. The van der Waals surface area contributed by atoms with Crippen molar-refractivity contribution in [1.82, 2.24) is 4.90 Å². The van der Waals surface area contributed by atoms with Crippen LogP contribution in [0.3, 0.4) is 0 Å². The molecule has 0 bridgehead atoms. The number of carbonyl (C=O) groups is 2. The quantitative estimate of drug-likeness (QED) is 0.585. The Hall–Kier alpha value is -2.97. The van der Waals surface area contributed by atoms with E-state index in [-0.39, 0.29) is 5.91 Å². The fourth-order valence-electron chi connectivity index (χ4n) is 3.42. The number of rotatable bonds is 7. The summed E-state index contributed by atoms with van der Waals surface area (Å²) in [4.78, 5) is 27.0. The molecule has 0 unspecified atom stereocenters. The molecule has 2 aromatic rings. The molecular weight excluding hydrogens is 420 g/mol. The largest absolute Gasteiger partial charge is 0.494 e. The summed E-state index contributed by atoms with van der Waals surface area (Å²) >= 11 is 5.86. The first kappa shape index (κ1) is 22.7. The molecule has 3 rings (SSSR count). The number of methoxy groups -OCH3 is 2. The van der Waals surface area contributed by atoms with Crippen molar-refractivity contribution in [2.75, 3.05) is 49.8 Å². The van der Waals surface area contributed by atoms with Crippen LogP contribution in [-0.2, 0) is 4.79 Å². The van der Waals surface area contributed by atoms with Crippen molar-refractivity contribution in [1.29, 1.82) is 0 Å². The molecule has 1 aliphatic rings. The number of hydrogen-bond donors (Lipinski definition) is 3. The van der Waals surface area contributed by atoms with Gasteiger partial charge in [-0.05, 0) is 50.2 Å². The maximum absolute atomic E-state index is 12.5. The lowest BCUT2D eigenvalue weighted by atomic mass is 10.1. The van der Waals surface area contributed by atoms with Gasteiger partial charge in [-0.25, -0.2) is 4.79 Å². The molecule has 0 aliphatic carbocycles. The number of ether oxygens (including phenoxy) is 2. The van der Waals surface area contributed by atoms with Crippen molar-refractivity contribution in [2.45, 2.75) is 19.3 Å². The minimum absolute atomic E-state index is 0.122. The topological polar surface area (TPSA) is 91.9 Å². The molecule has 1 saturated heterocycles. The first-order valence-corrected chi connectivity index (χ1v) is 10.5. The number of urea groups is 1. The first-order chi connectivity index (χ1) is 15.0. The van der Waals surface area contributed by atoms with E-state index in [1.54, 1.807) is 36.4 Å². The van der Waals surface area contributed by atoms with Gasteiger partial charge >= 0.3 is 6.03 Å². The summed E-state index contributed by atoms with van der Waals surface area (Å²) in [6.45, 7) is 2.19. The highest BCUT2D eigenvalue weighted by Crippen LogP contribution is 2.36. The van der Waals surface area contributed by atoms with Gasteiger partial charge in [-0.3, -0.25) is 9.69 Å². The lowest BCUT2D eigenvalue weighted by molar-refractivity contribution is -0.117. The molecule has 0 saturated carbocycles. The molecule has 3 amide bonds. The second kappa shape index (κ2) is 10.9. The van der Waals surface area contributed by atoms with Gasteiger partial charge in [0.05, 0.1) is 32.1 Å². The van der Waals surface area contributed by atoms with E-state index in [4.69, 9.17) is 21.1 Å².